The van der Waals surface area contributed by atoms with Gasteiger partial charge in [-0.2, -0.15) is 0 Å². The molecule has 3 aromatic rings. The Hall–Kier alpha value is -2.30. The smallest absolute Gasteiger partial charge is 0.161 e. The highest BCUT2D eigenvalue weighted by Gasteiger charge is 2.46. The number of rotatable bonds is 5. The Morgan fingerprint density at radius 3 is 2.16 bits per heavy atom. The lowest BCUT2D eigenvalue weighted by atomic mass is 9.79. The number of hydrogen-bond donors (Lipinski definition) is 0. The molecule has 2 unspecified atom stereocenters. The molecule has 5 rings (SSSR count). The van der Waals surface area contributed by atoms with E-state index in [1.165, 1.54) is 40.9 Å². The fourth-order valence-electron chi connectivity index (χ4n) is 5.60. The zero-order valence-corrected chi connectivity index (χ0v) is 19.9. The monoisotopic (exact) mass is 479 g/mol. The van der Waals surface area contributed by atoms with Gasteiger partial charge in [0, 0.05) is 30.4 Å². The van der Waals surface area contributed by atoms with E-state index in [9.17, 15) is 0 Å². The Bertz CT molecular complexity index is 1050. The number of methoxy groups -OCH3 is 2. The summed E-state index contributed by atoms with van der Waals surface area (Å²) < 4.78 is 12.4. The molecule has 3 aromatic carbocycles. The van der Waals surface area contributed by atoms with Crippen molar-refractivity contribution in [3.05, 3.63) is 94.5 Å². The van der Waals surface area contributed by atoms with Gasteiger partial charge < -0.3 is 30.9 Å². The maximum atomic E-state index is 5.70. The van der Waals surface area contributed by atoms with Gasteiger partial charge in [-0.3, -0.25) is 0 Å². The molecule has 2 heterocycles. The van der Waals surface area contributed by atoms with Crippen LogP contribution in [0.1, 0.15) is 33.9 Å². The van der Waals surface area contributed by atoms with Gasteiger partial charge in [-0.15, -0.1) is 0 Å². The van der Waals surface area contributed by atoms with Gasteiger partial charge >= 0.3 is 0 Å². The van der Waals surface area contributed by atoms with Gasteiger partial charge in [-0.05, 0) is 28.8 Å². The Kier molecular flexibility index (Phi) is 6.40. The predicted octanol–water partition coefficient (Wildman–Crippen LogP) is 1.97. The zero-order valence-electron chi connectivity index (χ0n) is 18.3. The van der Waals surface area contributed by atoms with Crippen molar-refractivity contribution in [3.63, 3.8) is 0 Å². The van der Waals surface area contributed by atoms with Gasteiger partial charge in [0.15, 0.2) is 11.5 Å². The standard InChI is InChI=1S/C27H30NO2.BrH/c1-29-25-18-22-14-17-28(15-12-20-8-4-3-5-9-20)16-13-21-10-6-7-11-23(21)27(28)24(22)19-26(25)30-2;/h3-11,18-19,27H,12-17H2,1-2H3;1H/q+1;/p-1. The van der Waals surface area contributed by atoms with Gasteiger partial charge in [0.2, 0.25) is 0 Å². The van der Waals surface area contributed by atoms with E-state index in [-0.39, 0.29) is 17.0 Å². The van der Waals surface area contributed by atoms with Crippen LogP contribution in [0.2, 0.25) is 0 Å². The van der Waals surface area contributed by atoms with Crippen molar-refractivity contribution in [1.82, 2.24) is 0 Å². The van der Waals surface area contributed by atoms with Crippen LogP contribution in [0.3, 0.4) is 0 Å². The van der Waals surface area contributed by atoms with Crippen molar-refractivity contribution in [2.75, 3.05) is 33.9 Å². The van der Waals surface area contributed by atoms with Crippen LogP contribution in [0.25, 0.3) is 0 Å². The van der Waals surface area contributed by atoms with Crippen LogP contribution in [0, 0.1) is 0 Å². The van der Waals surface area contributed by atoms with Gasteiger partial charge in [-0.1, -0.05) is 54.6 Å². The number of fused-ring (bicyclic) bond motifs is 5. The van der Waals surface area contributed by atoms with E-state index in [1.54, 1.807) is 14.2 Å². The first-order valence-electron chi connectivity index (χ1n) is 11.0. The second-order valence-electron chi connectivity index (χ2n) is 8.63. The van der Waals surface area contributed by atoms with E-state index in [2.05, 4.69) is 66.7 Å². The van der Waals surface area contributed by atoms with Gasteiger partial charge in [-0.25, -0.2) is 0 Å². The van der Waals surface area contributed by atoms with Crippen molar-refractivity contribution < 1.29 is 30.9 Å². The molecule has 4 heteroatoms. The van der Waals surface area contributed by atoms with Crippen LogP contribution in [0.15, 0.2) is 66.7 Å². The second-order valence-corrected chi connectivity index (χ2v) is 8.63. The number of ether oxygens (including phenoxy) is 2. The van der Waals surface area contributed by atoms with E-state index in [4.69, 9.17) is 9.47 Å². The normalized spacial score (nSPS) is 21.2. The van der Waals surface area contributed by atoms with Crippen molar-refractivity contribution in [2.45, 2.75) is 25.3 Å². The molecule has 0 spiro atoms. The number of quaternary nitrogens is 1. The first kappa shape index (κ1) is 21.9. The van der Waals surface area contributed by atoms with Crippen LogP contribution < -0.4 is 26.5 Å². The lowest BCUT2D eigenvalue weighted by Gasteiger charge is -2.51. The molecule has 0 saturated heterocycles. The van der Waals surface area contributed by atoms with E-state index >= 15 is 0 Å². The maximum Gasteiger partial charge on any atom is 0.161 e. The second kappa shape index (κ2) is 9.05. The molecular weight excluding hydrogens is 450 g/mol. The highest BCUT2D eigenvalue weighted by Crippen LogP contribution is 2.48. The molecule has 31 heavy (non-hydrogen) atoms. The Morgan fingerprint density at radius 2 is 1.42 bits per heavy atom. The fraction of sp³-hybridized carbons (Fsp3) is 0.333. The van der Waals surface area contributed by atoms with Gasteiger partial charge in [0.05, 0.1) is 33.9 Å². The molecule has 162 valence electrons. The summed E-state index contributed by atoms with van der Waals surface area (Å²) in [5.41, 5.74) is 7.24. The van der Waals surface area contributed by atoms with Crippen molar-refractivity contribution in [2.24, 2.45) is 0 Å². The number of benzene rings is 3. The largest absolute Gasteiger partial charge is 1.00 e. The highest BCUT2D eigenvalue weighted by atomic mass is 79.9. The minimum Gasteiger partial charge on any atom is -1.00 e. The van der Waals surface area contributed by atoms with Gasteiger partial charge in [0.25, 0.3) is 0 Å². The van der Waals surface area contributed by atoms with Crippen molar-refractivity contribution >= 4 is 0 Å². The molecule has 0 saturated carbocycles. The average Bonchev–Trinajstić information content (AvgIpc) is 2.82. The Balaban J connectivity index is 0.00000231. The molecule has 0 N–H and O–H groups in total. The molecule has 0 aromatic heterocycles. The minimum atomic E-state index is 0. The molecule has 0 bridgehead atoms. The summed E-state index contributed by atoms with van der Waals surface area (Å²) in [6.07, 6.45) is 3.36. The average molecular weight is 480 g/mol. The van der Waals surface area contributed by atoms with E-state index in [0.717, 1.165) is 41.8 Å². The fourth-order valence-corrected chi connectivity index (χ4v) is 5.60. The summed E-state index contributed by atoms with van der Waals surface area (Å²) in [5, 5.41) is 0. The van der Waals surface area contributed by atoms with Crippen LogP contribution in [0.4, 0.5) is 0 Å². The van der Waals surface area contributed by atoms with Crippen LogP contribution in [0.5, 0.6) is 11.5 Å². The number of halogens is 1. The molecular formula is C27H30BrNO2. The molecule has 0 amide bonds. The Labute approximate surface area is 196 Å². The third-order valence-corrected chi connectivity index (χ3v) is 7.18. The van der Waals surface area contributed by atoms with Crippen molar-refractivity contribution in [3.8, 4) is 11.5 Å². The Morgan fingerprint density at radius 1 is 0.774 bits per heavy atom. The van der Waals surface area contributed by atoms with E-state index in [0.29, 0.717) is 6.04 Å². The molecule has 2 aliphatic rings. The van der Waals surface area contributed by atoms with Crippen LogP contribution >= 0.6 is 0 Å². The van der Waals surface area contributed by atoms with Crippen molar-refractivity contribution in [1.29, 1.82) is 0 Å². The summed E-state index contributed by atoms with van der Waals surface area (Å²) in [4.78, 5) is 0. The molecule has 3 nitrogen and oxygen atoms in total. The predicted molar refractivity (Wildman–Crippen MR) is 120 cm³/mol. The molecule has 2 atom stereocenters. The summed E-state index contributed by atoms with van der Waals surface area (Å²) in [5.74, 6) is 1.67. The van der Waals surface area contributed by atoms with E-state index < -0.39 is 0 Å². The first-order valence-corrected chi connectivity index (χ1v) is 11.0. The maximum absolute atomic E-state index is 5.70. The van der Waals surface area contributed by atoms with E-state index in [1.807, 2.05) is 0 Å². The lowest BCUT2D eigenvalue weighted by Crippen LogP contribution is -3.00. The number of nitrogens with zero attached hydrogens (tertiary/aromatic N) is 1. The summed E-state index contributed by atoms with van der Waals surface area (Å²) in [6.45, 7) is 3.54. The minimum absolute atomic E-state index is 0. The quantitative estimate of drug-likeness (QED) is 0.520. The van der Waals surface area contributed by atoms with Gasteiger partial charge in [0.1, 0.15) is 6.04 Å². The topological polar surface area (TPSA) is 18.5 Å². The first-order chi connectivity index (χ1) is 14.7. The zero-order chi connectivity index (χ0) is 20.6. The summed E-state index contributed by atoms with van der Waals surface area (Å²) >= 11 is 0. The summed E-state index contributed by atoms with van der Waals surface area (Å²) in [7, 11) is 3.46. The third-order valence-electron chi connectivity index (χ3n) is 7.18. The number of hydrogen-bond acceptors (Lipinski definition) is 2. The lowest BCUT2D eigenvalue weighted by molar-refractivity contribution is -0.955. The van der Waals surface area contributed by atoms with Crippen LogP contribution in [-0.4, -0.2) is 38.3 Å². The highest BCUT2D eigenvalue weighted by molar-refractivity contribution is 5.52. The molecule has 0 radical (unpaired) electrons. The summed E-state index contributed by atoms with van der Waals surface area (Å²) in [6, 6.07) is 24.8. The molecule has 2 aliphatic heterocycles. The SMILES string of the molecule is COc1cc2c(cc1OC)C1c3ccccc3CC[N+]1(CCc1ccccc1)CC2.[Br-]. The third kappa shape index (κ3) is 3.88. The van der Waals surface area contributed by atoms with Crippen LogP contribution in [-0.2, 0) is 19.3 Å². The molecule has 0 aliphatic carbocycles. The molecule has 0 fully saturated rings.